The van der Waals surface area contributed by atoms with Gasteiger partial charge in [-0.05, 0) is 40.5 Å². The average molecular weight is 566 g/mol. The van der Waals surface area contributed by atoms with Gasteiger partial charge in [-0.2, -0.15) is 0 Å². The summed E-state index contributed by atoms with van der Waals surface area (Å²) in [6.07, 6.45) is 0.196. The van der Waals surface area contributed by atoms with Crippen molar-refractivity contribution in [2.45, 2.75) is 52.3 Å². The Morgan fingerprint density at radius 1 is 0.951 bits per heavy atom. The molecule has 3 aromatic rings. The summed E-state index contributed by atoms with van der Waals surface area (Å²) in [5, 5.41) is 2.74. The van der Waals surface area contributed by atoms with Crippen molar-refractivity contribution in [3.05, 3.63) is 130 Å². The number of amides is 1. The Bertz CT molecular complexity index is 1500. The highest BCUT2D eigenvalue weighted by atomic mass is 32.2. The number of hydrogen-bond acceptors (Lipinski definition) is 6. The molecule has 0 aliphatic carbocycles. The van der Waals surface area contributed by atoms with Crippen LogP contribution in [0.4, 0.5) is 0 Å². The number of hydrogen-bond donors (Lipinski definition) is 0. The molecule has 1 unspecified atom stereocenters. The molecule has 0 radical (unpaired) electrons. The molecule has 41 heavy (non-hydrogen) atoms. The molecule has 0 N–H and O–H groups in total. The van der Waals surface area contributed by atoms with Crippen molar-refractivity contribution >= 4 is 28.8 Å². The number of nitrogens with zero attached hydrogens (tertiary/aromatic N) is 3. The summed E-state index contributed by atoms with van der Waals surface area (Å²) in [7, 11) is 1.82. The SMILES string of the molecule is CC1=C(C(=O)OCc2ccccc2)C(c2ccc(C(C)C)cc2)N2C(CC(=O)N(C)Cc3ccccc3)=CSC2=N1. The second-order valence-corrected chi connectivity index (χ2v) is 11.5. The molecule has 210 valence electrons. The normalized spacial score (nSPS) is 16.3. The zero-order chi connectivity index (χ0) is 28.9. The molecule has 2 aliphatic rings. The lowest BCUT2D eigenvalue weighted by atomic mass is 9.92. The van der Waals surface area contributed by atoms with Crippen LogP contribution in [0.25, 0.3) is 0 Å². The van der Waals surface area contributed by atoms with E-state index in [0.717, 1.165) is 27.6 Å². The molecule has 5 rings (SSSR count). The van der Waals surface area contributed by atoms with Gasteiger partial charge in [-0.1, -0.05) is 111 Å². The Kier molecular flexibility index (Phi) is 8.74. The lowest BCUT2D eigenvalue weighted by Gasteiger charge is -2.36. The number of allylic oxidation sites excluding steroid dienone is 1. The van der Waals surface area contributed by atoms with Gasteiger partial charge in [0, 0.05) is 19.3 Å². The van der Waals surface area contributed by atoms with E-state index in [0.29, 0.717) is 23.7 Å². The predicted molar refractivity (Wildman–Crippen MR) is 165 cm³/mol. The van der Waals surface area contributed by atoms with E-state index in [9.17, 15) is 9.59 Å². The number of fused-ring (bicyclic) bond motifs is 1. The first-order valence-electron chi connectivity index (χ1n) is 13.8. The first kappa shape index (κ1) is 28.4. The van der Waals surface area contributed by atoms with Crippen molar-refractivity contribution in [2.75, 3.05) is 7.05 Å². The summed E-state index contributed by atoms with van der Waals surface area (Å²) in [6, 6.07) is 27.5. The topological polar surface area (TPSA) is 62.2 Å². The zero-order valence-electron chi connectivity index (χ0n) is 23.9. The van der Waals surface area contributed by atoms with Gasteiger partial charge in [-0.3, -0.25) is 4.79 Å². The van der Waals surface area contributed by atoms with Gasteiger partial charge in [0.2, 0.25) is 5.91 Å². The molecule has 0 saturated carbocycles. The maximum absolute atomic E-state index is 13.7. The molecule has 1 atom stereocenters. The fourth-order valence-corrected chi connectivity index (χ4v) is 6.01. The van der Waals surface area contributed by atoms with Crippen LogP contribution in [0.5, 0.6) is 0 Å². The van der Waals surface area contributed by atoms with Crippen molar-refractivity contribution in [2.24, 2.45) is 4.99 Å². The van der Waals surface area contributed by atoms with Crippen LogP contribution in [-0.2, 0) is 27.5 Å². The first-order chi connectivity index (χ1) is 19.8. The smallest absolute Gasteiger partial charge is 0.338 e. The number of thioether (sulfide) groups is 1. The molecule has 6 nitrogen and oxygen atoms in total. The summed E-state index contributed by atoms with van der Waals surface area (Å²) < 4.78 is 5.83. The number of ether oxygens (including phenoxy) is 1. The second kappa shape index (κ2) is 12.6. The molecule has 0 aromatic heterocycles. The van der Waals surface area contributed by atoms with E-state index < -0.39 is 12.0 Å². The summed E-state index contributed by atoms with van der Waals surface area (Å²) >= 11 is 1.48. The molecular weight excluding hydrogens is 530 g/mol. The molecule has 2 aliphatic heterocycles. The number of amidine groups is 1. The first-order valence-corrected chi connectivity index (χ1v) is 14.7. The minimum Gasteiger partial charge on any atom is -0.457 e. The molecule has 0 bridgehead atoms. The fourth-order valence-electron chi connectivity index (χ4n) is 5.05. The number of rotatable bonds is 9. The highest BCUT2D eigenvalue weighted by Crippen LogP contribution is 2.45. The van der Waals surface area contributed by atoms with Gasteiger partial charge in [0.05, 0.1) is 23.7 Å². The number of aliphatic imine (C=N–C) groups is 1. The van der Waals surface area contributed by atoms with E-state index in [2.05, 4.69) is 38.1 Å². The number of carbonyl (C=O) groups is 2. The second-order valence-electron chi connectivity index (χ2n) is 10.7. The Hall–Kier alpha value is -4.10. The van der Waals surface area contributed by atoms with Crippen LogP contribution in [0.2, 0.25) is 0 Å². The van der Waals surface area contributed by atoms with Crippen LogP contribution < -0.4 is 0 Å². The van der Waals surface area contributed by atoms with Crippen molar-refractivity contribution in [3.8, 4) is 0 Å². The van der Waals surface area contributed by atoms with Crippen molar-refractivity contribution in [1.82, 2.24) is 9.80 Å². The van der Waals surface area contributed by atoms with Gasteiger partial charge >= 0.3 is 5.97 Å². The van der Waals surface area contributed by atoms with E-state index in [1.54, 1.807) is 4.90 Å². The van der Waals surface area contributed by atoms with Crippen molar-refractivity contribution in [1.29, 1.82) is 0 Å². The zero-order valence-corrected chi connectivity index (χ0v) is 24.7. The van der Waals surface area contributed by atoms with Crippen molar-refractivity contribution < 1.29 is 14.3 Å². The minimum atomic E-state index is -0.458. The van der Waals surface area contributed by atoms with Crippen LogP contribution in [0.15, 0.2) is 112 Å². The highest BCUT2D eigenvalue weighted by molar-refractivity contribution is 8.16. The summed E-state index contributed by atoms with van der Waals surface area (Å²) in [5.41, 5.74) is 6.09. The maximum atomic E-state index is 13.7. The average Bonchev–Trinajstić information content (AvgIpc) is 3.37. The standard InChI is InChI=1S/C34H35N3O3S/c1-23(2)27-15-17-28(18-16-27)32-31(33(39)40-21-26-13-9-6-10-14-26)24(3)35-34-37(32)29(22-41-34)19-30(38)36(4)20-25-11-7-5-8-12-25/h5-18,22-23,32H,19-21H2,1-4H3. The molecule has 0 spiro atoms. The van der Waals surface area contributed by atoms with Gasteiger partial charge in [0.15, 0.2) is 5.17 Å². The Morgan fingerprint density at radius 2 is 1.59 bits per heavy atom. The number of esters is 1. The van der Waals surface area contributed by atoms with Crippen molar-refractivity contribution in [3.63, 3.8) is 0 Å². The van der Waals surface area contributed by atoms with Gasteiger partial charge < -0.3 is 14.5 Å². The maximum Gasteiger partial charge on any atom is 0.338 e. The van der Waals surface area contributed by atoms with Gasteiger partial charge in [-0.25, -0.2) is 9.79 Å². The Morgan fingerprint density at radius 3 is 2.22 bits per heavy atom. The summed E-state index contributed by atoms with van der Waals surface area (Å²) in [6.45, 7) is 6.87. The van der Waals surface area contributed by atoms with Gasteiger partial charge in [0.1, 0.15) is 6.61 Å². The van der Waals surface area contributed by atoms with Gasteiger partial charge in [-0.15, -0.1) is 0 Å². The predicted octanol–water partition coefficient (Wildman–Crippen LogP) is 7.18. The minimum absolute atomic E-state index is 0.00432. The van der Waals surface area contributed by atoms with Crippen LogP contribution >= 0.6 is 11.8 Å². The highest BCUT2D eigenvalue weighted by Gasteiger charge is 2.41. The third kappa shape index (κ3) is 6.46. The van der Waals surface area contributed by atoms with Crippen LogP contribution in [0, 0.1) is 0 Å². The molecule has 7 heteroatoms. The largest absolute Gasteiger partial charge is 0.457 e. The van der Waals surface area contributed by atoms with E-state index in [4.69, 9.17) is 9.73 Å². The summed E-state index contributed by atoms with van der Waals surface area (Å²) in [5.74, 6) is -0.0260. The van der Waals surface area contributed by atoms with E-state index in [1.165, 1.54) is 17.3 Å². The van der Waals surface area contributed by atoms with Crippen LogP contribution in [0.3, 0.4) is 0 Å². The third-order valence-corrected chi connectivity index (χ3v) is 8.26. The van der Waals surface area contributed by atoms with E-state index >= 15 is 0 Å². The molecule has 3 aromatic carbocycles. The monoisotopic (exact) mass is 565 g/mol. The van der Waals surface area contributed by atoms with Crippen LogP contribution in [0.1, 0.15) is 61.4 Å². The molecular formula is C34H35N3O3S. The fraction of sp³-hybridized carbons (Fsp3) is 0.265. The van der Waals surface area contributed by atoms with E-state index in [1.807, 2.05) is 84.9 Å². The number of carbonyl (C=O) groups excluding carboxylic acids is 2. The Labute approximate surface area is 246 Å². The molecule has 0 fully saturated rings. The molecule has 0 saturated heterocycles. The van der Waals surface area contributed by atoms with E-state index in [-0.39, 0.29) is 18.9 Å². The Balaban J connectivity index is 1.43. The molecule has 2 heterocycles. The lowest BCUT2D eigenvalue weighted by molar-refractivity contribution is -0.141. The van der Waals surface area contributed by atoms with Crippen LogP contribution in [-0.4, -0.2) is 33.9 Å². The summed E-state index contributed by atoms with van der Waals surface area (Å²) in [4.78, 5) is 35.7. The lowest BCUT2D eigenvalue weighted by Crippen LogP contribution is -2.38. The third-order valence-electron chi connectivity index (χ3n) is 7.37. The quantitative estimate of drug-likeness (QED) is 0.257. The number of benzene rings is 3. The molecule has 1 amide bonds. The van der Waals surface area contributed by atoms with Gasteiger partial charge in [0.25, 0.3) is 0 Å².